The third-order valence-corrected chi connectivity index (χ3v) is 3.50. The molecule has 17 heavy (non-hydrogen) atoms. The fourth-order valence-electron chi connectivity index (χ4n) is 2.28. The number of hydrogen-bond donors (Lipinski definition) is 3. The molecule has 5 heteroatoms. The Hall–Kier alpha value is -0.650. The molecule has 1 aliphatic heterocycles. The van der Waals surface area contributed by atoms with E-state index >= 15 is 0 Å². The second-order valence-corrected chi connectivity index (χ2v) is 5.19. The fourth-order valence-corrected chi connectivity index (χ4v) is 2.28. The van der Waals surface area contributed by atoms with E-state index in [0.717, 1.165) is 38.4 Å². The number of nitrogens with zero attached hydrogens (tertiary/aromatic N) is 1. The van der Waals surface area contributed by atoms with Crippen LogP contribution in [0.25, 0.3) is 0 Å². The molecule has 0 bridgehead atoms. The summed E-state index contributed by atoms with van der Waals surface area (Å²) in [5.41, 5.74) is -1.63. The number of likely N-dealkylation sites (tertiary alicyclic amines) is 1. The second kappa shape index (κ2) is 6.33. The number of nitrogens with one attached hydrogen (secondary N) is 1. The molecule has 0 saturated carbocycles. The quantitative estimate of drug-likeness (QED) is 0.620. The topological polar surface area (TPSA) is 72.8 Å². The van der Waals surface area contributed by atoms with Crippen LogP contribution in [0.5, 0.6) is 0 Å². The largest absolute Gasteiger partial charge is 0.479 e. The molecule has 1 saturated heterocycles. The smallest absolute Gasteiger partial charge is 0.336 e. The number of piperidine rings is 1. The van der Waals surface area contributed by atoms with Gasteiger partial charge in [-0.05, 0) is 58.8 Å². The summed E-state index contributed by atoms with van der Waals surface area (Å²) in [6.07, 6.45) is 3.37. The van der Waals surface area contributed by atoms with E-state index in [2.05, 4.69) is 5.32 Å². The maximum atomic E-state index is 10.8. The highest BCUT2D eigenvalue weighted by molar-refractivity contribution is 5.76. The summed E-state index contributed by atoms with van der Waals surface area (Å²) < 4.78 is 0. The maximum absolute atomic E-state index is 10.8. The first-order valence-corrected chi connectivity index (χ1v) is 6.28. The average Bonchev–Trinajstić information content (AvgIpc) is 2.27. The summed E-state index contributed by atoms with van der Waals surface area (Å²) in [5.74, 6) is -0.414. The Morgan fingerprint density at radius 3 is 2.53 bits per heavy atom. The standard InChI is InChI=1S/C12H24N2O3/c1-12(17,11(15)16)9-14-7-4-10(5-8-14)3-6-13-2/h10,13,17H,3-9H2,1-2H3,(H,15,16). The summed E-state index contributed by atoms with van der Waals surface area (Å²) in [5, 5.41) is 21.7. The summed E-state index contributed by atoms with van der Waals surface area (Å²) in [4.78, 5) is 12.9. The minimum Gasteiger partial charge on any atom is -0.479 e. The predicted molar refractivity (Wildman–Crippen MR) is 66.0 cm³/mol. The molecule has 1 fully saturated rings. The van der Waals surface area contributed by atoms with Crippen LogP contribution >= 0.6 is 0 Å². The van der Waals surface area contributed by atoms with Crippen molar-refractivity contribution in [3.63, 3.8) is 0 Å². The van der Waals surface area contributed by atoms with Crippen molar-refractivity contribution in [2.45, 2.75) is 31.8 Å². The van der Waals surface area contributed by atoms with Crippen LogP contribution in [0.15, 0.2) is 0 Å². The molecule has 3 N–H and O–H groups in total. The Balaban J connectivity index is 2.30. The molecule has 100 valence electrons. The summed E-state index contributed by atoms with van der Waals surface area (Å²) in [7, 11) is 1.96. The van der Waals surface area contributed by atoms with Crippen molar-refractivity contribution < 1.29 is 15.0 Å². The predicted octanol–water partition coefficient (Wildman–Crippen LogP) is 0.144. The Bertz CT molecular complexity index is 248. The zero-order valence-corrected chi connectivity index (χ0v) is 10.8. The van der Waals surface area contributed by atoms with Gasteiger partial charge in [-0.15, -0.1) is 0 Å². The molecule has 1 atom stereocenters. The van der Waals surface area contributed by atoms with Gasteiger partial charge in [0.15, 0.2) is 5.60 Å². The number of β-amino-alcohol motifs (C(OH)–C–C–N with tert-alkyl or cyclic N) is 1. The third kappa shape index (κ3) is 4.61. The lowest BCUT2D eigenvalue weighted by Crippen LogP contribution is -2.49. The van der Waals surface area contributed by atoms with Gasteiger partial charge in [0.1, 0.15) is 0 Å². The van der Waals surface area contributed by atoms with Crippen molar-refractivity contribution in [1.29, 1.82) is 0 Å². The van der Waals surface area contributed by atoms with Gasteiger partial charge < -0.3 is 15.5 Å². The molecule has 1 aliphatic rings. The zero-order valence-electron chi connectivity index (χ0n) is 10.8. The van der Waals surface area contributed by atoms with E-state index in [4.69, 9.17) is 5.11 Å². The van der Waals surface area contributed by atoms with Crippen molar-refractivity contribution in [3.8, 4) is 0 Å². The summed E-state index contributed by atoms with van der Waals surface area (Å²) in [6, 6.07) is 0. The second-order valence-electron chi connectivity index (χ2n) is 5.19. The van der Waals surface area contributed by atoms with Crippen molar-refractivity contribution >= 4 is 5.97 Å². The number of rotatable bonds is 6. The minimum absolute atomic E-state index is 0.223. The average molecular weight is 244 g/mol. The van der Waals surface area contributed by atoms with E-state index in [0.29, 0.717) is 0 Å². The first-order chi connectivity index (χ1) is 7.95. The number of aliphatic hydroxyl groups is 1. The highest BCUT2D eigenvalue weighted by Gasteiger charge is 2.33. The van der Waals surface area contributed by atoms with Crippen molar-refractivity contribution in [3.05, 3.63) is 0 Å². The molecule has 0 aromatic heterocycles. The Labute approximate surface area is 103 Å². The Morgan fingerprint density at radius 2 is 2.06 bits per heavy atom. The molecule has 0 radical (unpaired) electrons. The zero-order chi connectivity index (χ0) is 12.9. The van der Waals surface area contributed by atoms with Gasteiger partial charge in [0.2, 0.25) is 0 Å². The van der Waals surface area contributed by atoms with E-state index in [1.54, 1.807) is 0 Å². The third-order valence-electron chi connectivity index (χ3n) is 3.50. The van der Waals surface area contributed by atoms with E-state index in [1.165, 1.54) is 13.3 Å². The van der Waals surface area contributed by atoms with Crippen LogP contribution in [0.1, 0.15) is 26.2 Å². The molecule has 1 unspecified atom stereocenters. The van der Waals surface area contributed by atoms with Crippen LogP contribution in [0.3, 0.4) is 0 Å². The summed E-state index contributed by atoms with van der Waals surface area (Å²) >= 11 is 0. The Morgan fingerprint density at radius 1 is 1.47 bits per heavy atom. The van der Waals surface area contributed by atoms with Crippen LogP contribution < -0.4 is 5.32 Å². The fraction of sp³-hybridized carbons (Fsp3) is 0.917. The van der Waals surface area contributed by atoms with Crippen molar-refractivity contribution in [2.75, 3.05) is 33.2 Å². The number of carboxylic acids is 1. The van der Waals surface area contributed by atoms with Crippen molar-refractivity contribution in [2.24, 2.45) is 5.92 Å². The number of carboxylic acid groups (broad SMARTS) is 1. The molecule has 1 rings (SSSR count). The first kappa shape index (κ1) is 14.4. The molecule has 1 heterocycles. The normalized spacial score (nSPS) is 22.3. The van der Waals surface area contributed by atoms with Gasteiger partial charge in [-0.3, -0.25) is 4.90 Å². The van der Waals surface area contributed by atoms with Crippen LogP contribution in [-0.2, 0) is 4.79 Å². The van der Waals surface area contributed by atoms with E-state index in [-0.39, 0.29) is 6.54 Å². The molecule has 0 aromatic rings. The number of hydrogen-bond acceptors (Lipinski definition) is 4. The SMILES string of the molecule is CNCCC1CCN(CC(C)(O)C(=O)O)CC1. The molecule has 0 aromatic carbocycles. The minimum atomic E-state index is -1.63. The van der Waals surface area contributed by atoms with E-state index < -0.39 is 11.6 Å². The van der Waals surface area contributed by atoms with E-state index in [1.807, 2.05) is 11.9 Å². The van der Waals surface area contributed by atoms with Gasteiger partial charge in [-0.25, -0.2) is 4.79 Å². The highest BCUT2D eigenvalue weighted by atomic mass is 16.4. The molecule has 5 nitrogen and oxygen atoms in total. The van der Waals surface area contributed by atoms with Crippen LogP contribution in [0.4, 0.5) is 0 Å². The Kier molecular flexibility index (Phi) is 5.36. The number of aliphatic carboxylic acids is 1. The van der Waals surface area contributed by atoms with Gasteiger partial charge in [-0.1, -0.05) is 0 Å². The van der Waals surface area contributed by atoms with E-state index in [9.17, 15) is 9.90 Å². The van der Waals surface area contributed by atoms with Gasteiger partial charge in [0.25, 0.3) is 0 Å². The summed E-state index contributed by atoms with van der Waals surface area (Å²) in [6.45, 7) is 4.40. The molecular weight excluding hydrogens is 220 g/mol. The van der Waals surface area contributed by atoms with Gasteiger partial charge in [-0.2, -0.15) is 0 Å². The molecule has 0 amide bonds. The van der Waals surface area contributed by atoms with Gasteiger partial charge in [0.05, 0.1) is 0 Å². The van der Waals surface area contributed by atoms with Crippen LogP contribution in [0.2, 0.25) is 0 Å². The molecule has 0 aliphatic carbocycles. The molecule has 0 spiro atoms. The lowest BCUT2D eigenvalue weighted by atomic mass is 9.92. The van der Waals surface area contributed by atoms with Gasteiger partial charge in [0, 0.05) is 6.54 Å². The van der Waals surface area contributed by atoms with Crippen LogP contribution in [0, 0.1) is 5.92 Å². The number of carbonyl (C=O) groups is 1. The first-order valence-electron chi connectivity index (χ1n) is 6.28. The lowest BCUT2D eigenvalue weighted by molar-refractivity contribution is -0.158. The maximum Gasteiger partial charge on any atom is 0.336 e. The monoisotopic (exact) mass is 244 g/mol. The molecular formula is C12H24N2O3. The van der Waals surface area contributed by atoms with Gasteiger partial charge >= 0.3 is 5.97 Å². The highest BCUT2D eigenvalue weighted by Crippen LogP contribution is 2.21. The lowest BCUT2D eigenvalue weighted by Gasteiger charge is -2.35. The van der Waals surface area contributed by atoms with Crippen LogP contribution in [-0.4, -0.2) is 59.9 Å². The van der Waals surface area contributed by atoms with Crippen molar-refractivity contribution in [1.82, 2.24) is 10.2 Å².